The van der Waals surface area contributed by atoms with Crippen LogP contribution >= 0.6 is 0 Å². The van der Waals surface area contributed by atoms with Crippen molar-refractivity contribution >= 4 is 18.1 Å². The van der Waals surface area contributed by atoms with Gasteiger partial charge in [0.25, 0.3) is 0 Å². The van der Waals surface area contributed by atoms with Gasteiger partial charge in [-0.1, -0.05) is 44.7 Å². The van der Waals surface area contributed by atoms with E-state index in [0.717, 1.165) is 59.4 Å². The van der Waals surface area contributed by atoms with Gasteiger partial charge in [-0.3, -0.25) is 14.5 Å². The van der Waals surface area contributed by atoms with E-state index in [9.17, 15) is 18.4 Å². The van der Waals surface area contributed by atoms with Crippen LogP contribution in [0.2, 0.25) is 0 Å². The van der Waals surface area contributed by atoms with Crippen molar-refractivity contribution in [2.45, 2.75) is 59.5 Å². The molecule has 0 saturated carbocycles. The largest absolute Gasteiger partial charge is 0.481 e. The van der Waals surface area contributed by atoms with Gasteiger partial charge in [-0.15, -0.1) is 0 Å². The average molecular weight is 593 g/mol. The Bertz CT molecular complexity index is 1400. The standard InChI is InChI=1S/C18H17F2NO3.C16H25N3/c1-10-4-3-5-11(2)17(10)12-6-13(18(20)14(19)7-12)15(21-9-22)8-16(23)24;1-13(2)8-9-17-14(3)16-7-4-6-15(18-16)12-19-10-5-11-19/h3-7,9,15H,8H2,1-2H3,(H,21,22)(H,23,24);4,6-7,13,17H,3,5,8-12H2,1-2H3. The molecule has 230 valence electrons. The number of carbonyl (C=O) groups excluding carboxylic acids is 1. The maximum Gasteiger partial charge on any atom is 0.305 e. The SMILES string of the molecule is C=C(NCCC(C)C)c1cccc(CN2CCC2)n1.Cc1cccc(C)c1-c1cc(F)c(F)c(C(CC(=O)O)NC=O)c1. The lowest BCUT2D eigenvalue weighted by molar-refractivity contribution is -0.137. The van der Waals surface area contributed by atoms with E-state index >= 15 is 0 Å². The van der Waals surface area contributed by atoms with Crippen LogP contribution in [-0.2, 0) is 16.1 Å². The molecule has 1 atom stereocenters. The number of carboxylic acids is 1. The number of carboxylic acid groups (broad SMARTS) is 1. The molecule has 3 aromatic rings. The van der Waals surface area contributed by atoms with E-state index in [1.165, 1.54) is 25.6 Å². The molecule has 2 heterocycles. The molecule has 1 unspecified atom stereocenters. The van der Waals surface area contributed by atoms with Crippen molar-refractivity contribution in [3.8, 4) is 11.1 Å². The summed E-state index contributed by atoms with van der Waals surface area (Å²) in [5.74, 6) is -2.77. The van der Waals surface area contributed by atoms with Crippen LogP contribution in [0.3, 0.4) is 0 Å². The molecular weight excluding hydrogens is 550 g/mol. The first kappa shape index (κ1) is 33.4. The molecule has 1 fully saturated rings. The van der Waals surface area contributed by atoms with E-state index in [2.05, 4.69) is 53.1 Å². The molecule has 9 heteroatoms. The first-order valence-corrected chi connectivity index (χ1v) is 14.6. The molecule has 1 aliphatic heterocycles. The molecule has 3 N–H and O–H groups in total. The molecule has 1 aliphatic rings. The summed E-state index contributed by atoms with van der Waals surface area (Å²) in [6, 6.07) is 13.1. The van der Waals surface area contributed by atoms with E-state index in [4.69, 9.17) is 5.11 Å². The number of hydrogen-bond acceptors (Lipinski definition) is 5. The maximum atomic E-state index is 14.2. The molecule has 43 heavy (non-hydrogen) atoms. The lowest BCUT2D eigenvalue weighted by Crippen LogP contribution is -2.36. The van der Waals surface area contributed by atoms with Crippen LogP contribution in [-0.4, -0.2) is 47.0 Å². The van der Waals surface area contributed by atoms with Crippen molar-refractivity contribution in [1.29, 1.82) is 0 Å². The number of aryl methyl sites for hydroxylation is 2. The van der Waals surface area contributed by atoms with E-state index in [-0.39, 0.29) is 12.0 Å². The van der Waals surface area contributed by atoms with Crippen molar-refractivity contribution in [3.05, 3.63) is 94.8 Å². The van der Waals surface area contributed by atoms with Crippen LogP contribution in [0, 0.1) is 31.4 Å². The molecule has 1 saturated heterocycles. The Morgan fingerprint density at radius 2 is 1.79 bits per heavy atom. The van der Waals surface area contributed by atoms with Crippen molar-refractivity contribution in [2.24, 2.45) is 5.92 Å². The number of halogens is 2. The number of likely N-dealkylation sites (tertiary alicyclic amines) is 1. The molecule has 2 aromatic carbocycles. The number of aromatic nitrogens is 1. The van der Waals surface area contributed by atoms with Gasteiger partial charge in [-0.05, 0) is 92.2 Å². The Hall–Kier alpha value is -4.11. The highest BCUT2D eigenvalue weighted by Crippen LogP contribution is 2.32. The average Bonchev–Trinajstić information content (AvgIpc) is 2.92. The Morgan fingerprint density at radius 3 is 2.37 bits per heavy atom. The second-order valence-electron chi connectivity index (χ2n) is 11.3. The zero-order valence-electron chi connectivity index (χ0n) is 25.4. The van der Waals surface area contributed by atoms with Crippen LogP contribution in [0.4, 0.5) is 8.78 Å². The molecule has 0 radical (unpaired) electrons. The van der Waals surface area contributed by atoms with Gasteiger partial charge in [0.2, 0.25) is 6.41 Å². The number of nitrogens with one attached hydrogen (secondary N) is 2. The van der Waals surface area contributed by atoms with Gasteiger partial charge in [0.15, 0.2) is 11.6 Å². The highest BCUT2D eigenvalue weighted by Gasteiger charge is 2.23. The Balaban J connectivity index is 0.000000242. The minimum atomic E-state index is -1.23. The third-order valence-electron chi connectivity index (χ3n) is 7.36. The van der Waals surface area contributed by atoms with E-state index < -0.39 is 30.1 Å². The third-order valence-corrected chi connectivity index (χ3v) is 7.36. The fraction of sp³-hybridized carbons (Fsp3) is 0.382. The Labute approximate surface area is 253 Å². The van der Waals surface area contributed by atoms with Crippen LogP contribution in [0.5, 0.6) is 0 Å². The number of hydrogen-bond donors (Lipinski definition) is 3. The van der Waals surface area contributed by atoms with Crippen molar-refractivity contribution in [2.75, 3.05) is 19.6 Å². The number of carbonyl (C=O) groups is 2. The molecule has 0 bridgehead atoms. The number of amides is 1. The molecule has 4 rings (SSSR count). The predicted octanol–water partition coefficient (Wildman–Crippen LogP) is 6.40. The number of pyridine rings is 1. The smallest absolute Gasteiger partial charge is 0.305 e. The van der Waals surface area contributed by atoms with Gasteiger partial charge >= 0.3 is 5.97 Å². The summed E-state index contributed by atoms with van der Waals surface area (Å²) in [6.07, 6.45) is 2.21. The second-order valence-corrected chi connectivity index (χ2v) is 11.3. The molecule has 0 spiro atoms. The van der Waals surface area contributed by atoms with Gasteiger partial charge in [0, 0.05) is 18.7 Å². The van der Waals surface area contributed by atoms with Crippen LogP contribution in [0.15, 0.2) is 55.1 Å². The summed E-state index contributed by atoms with van der Waals surface area (Å²) in [4.78, 5) is 28.8. The predicted molar refractivity (Wildman–Crippen MR) is 166 cm³/mol. The summed E-state index contributed by atoms with van der Waals surface area (Å²) in [5, 5.41) is 14.5. The number of aliphatic carboxylic acids is 1. The van der Waals surface area contributed by atoms with Crippen LogP contribution in [0.1, 0.15) is 67.2 Å². The topological polar surface area (TPSA) is 94.6 Å². The lowest BCUT2D eigenvalue weighted by Gasteiger charge is -2.30. The first-order chi connectivity index (χ1) is 20.5. The second kappa shape index (κ2) is 15.9. The normalized spacial score (nSPS) is 13.4. The summed E-state index contributed by atoms with van der Waals surface area (Å²) < 4.78 is 28.3. The Morgan fingerprint density at radius 1 is 1.12 bits per heavy atom. The quantitative estimate of drug-likeness (QED) is 0.199. The Kier molecular flexibility index (Phi) is 12.4. The van der Waals surface area contributed by atoms with Crippen molar-refractivity contribution in [1.82, 2.24) is 20.5 Å². The van der Waals surface area contributed by atoms with Crippen LogP contribution in [0.25, 0.3) is 16.8 Å². The van der Waals surface area contributed by atoms with Gasteiger partial charge in [0.1, 0.15) is 0 Å². The summed E-state index contributed by atoms with van der Waals surface area (Å²) in [6.45, 7) is 16.6. The summed E-state index contributed by atoms with van der Waals surface area (Å²) >= 11 is 0. The summed E-state index contributed by atoms with van der Waals surface area (Å²) in [7, 11) is 0. The van der Waals surface area contributed by atoms with Gasteiger partial charge in [-0.2, -0.15) is 0 Å². The summed E-state index contributed by atoms with van der Waals surface area (Å²) in [5.41, 5.74) is 5.80. The molecule has 1 amide bonds. The maximum absolute atomic E-state index is 14.2. The van der Waals surface area contributed by atoms with E-state index in [1.807, 2.05) is 38.1 Å². The zero-order chi connectivity index (χ0) is 31.5. The van der Waals surface area contributed by atoms with Crippen molar-refractivity contribution in [3.63, 3.8) is 0 Å². The van der Waals surface area contributed by atoms with E-state index in [1.54, 1.807) is 0 Å². The third kappa shape index (κ3) is 9.71. The highest BCUT2D eigenvalue weighted by molar-refractivity contribution is 5.73. The van der Waals surface area contributed by atoms with Gasteiger partial charge in [-0.25, -0.2) is 13.8 Å². The molecule has 7 nitrogen and oxygen atoms in total. The van der Waals surface area contributed by atoms with Gasteiger partial charge < -0.3 is 15.7 Å². The van der Waals surface area contributed by atoms with E-state index in [0.29, 0.717) is 11.5 Å². The van der Waals surface area contributed by atoms with Crippen LogP contribution < -0.4 is 10.6 Å². The number of nitrogens with zero attached hydrogens (tertiary/aromatic N) is 2. The van der Waals surface area contributed by atoms with Gasteiger partial charge in [0.05, 0.1) is 29.5 Å². The lowest BCUT2D eigenvalue weighted by atomic mass is 9.92. The number of rotatable bonds is 13. The molecule has 0 aliphatic carbocycles. The minimum Gasteiger partial charge on any atom is -0.481 e. The fourth-order valence-corrected chi connectivity index (χ4v) is 4.90. The monoisotopic (exact) mass is 592 g/mol. The molecular formula is C34H42F2N4O3. The van der Waals surface area contributed by atoms with Crippen molar-refractivity contribution < 1.29 is 23.5 Å². The first-order valence-electron chi connectivity index (χ1n) is 14.6. The minimum absolute atomic E-state index is 0.192. The molecule has 1 aromatic heterocycles. The zero-order valence-corrected chi connectivity index (χ0v) is 25.4. The highest BCUT2D eigenvalue weighted by atomic mass is 19.2. The fourth-order valence-electron chi connectivity index (χ4n) is 4.90. The number of benzene rings is 2.